The zero-order chi connectivity index (χ0) is 25.8. The first-order valence-corrected chi connectivity index (χ1v) is 12.1. The van der Waals surface area contributed by atoms with Gasteiger partial charge in [-0.15, -0.1) is 11.3 Å². The Labute approximate surface area is 210 Å². The third kappa shape index (κ3) is 4.86. The van der Waals surface area contributed by atoms with Crippen LogP contribution in [0.3, 0.4) is 0 Å². The zero-order valence-electron chi connectivity index (χ0n) is 20.0. The van der Waals surface area contributed by atoms with Gasteiger partial charge in [0.25, 0.3) is 17.0 Å². The Hall–Kier alpha value is -4.38. The van der Waals surface area contributed by atoms with Crippen LogP contribution in [0.2, 0.25) is 0 Å². The molecule has 0 aliphatic carbocycles. The Bertz CT molecular complexity index is 1540. The average molecular weight is 507 g/mol. The van der Waals surface area contributed by atoms with E-state index in [-0.39, 0.29) is 28.7 Å². The normalized spacial score (nSPS) is 11.6. The summed E-state index contributed by atoms with van der Waals surface area (Å²) in [6.07, 6.45) is 3.30. The summed E-state index contributed by atoms with van der Waals surface area (Å²) in [7, 11) is 3.07. The maximum absolute atomic E-state index is 13.6. The Morgan fingerprint density at radius 2 is 1.81 bits per heavy atom. The summed E-state index contributed by atoms with van der Waals surface area (Å²) in [6, 6.07) is 12.2. The lowest BCUT2D eigenvalue weighted by Crippen LogP contribution is -2.34. The number of H-pyrrole nitrogens is 2. The number of nitrogens with one attached hydrogen (secondary N) is 4. The molecule has 0 radical (unpaired) electrons. The first-order valence-electron chi connectivity index (χ1n) is 11.3. The van der Waals surface area contributed by atoms with E-state index in [9.17, 15) is 19.2 Å². The van der Waals surface area contributed by atoms with Crippen molar-refractivity contribution in [2.24, 2.45) is 0 Å². The number of carbonyl (C=O) groups excluding carboxylic acids is 1. The van der Waals surface area contributed by atoms with E-state index in [2.05, 4.69) is 20.7 Å². The van der Waals surface area contributed by atoms with E-state index >= 15 is 0 Å². The summed E-state index contributed by atoms with van der Waals surface area (Å²) >= 11 is 1.53. The predicted octanol–water partition coefficient (Wildman–Crippen LogP) is 3.28. The molecule has 36 heavy (non-hydrogen) atoms. The van der Waals surface area contributed by atoms with Crippen molar-refractivity contribution >= 4 is 34.3 Å². The third-order valence-corrected chi connectivity index (χ3v) is 6.56. The number of rotatable bonds is 8. The lowest BCUT2D eigenvalue weighted by Gasteiger charge is -2.20. The van der Waals surface area contributed by atoms with E-state index < -0.39 is 22.5 Å². The van der Waals surface area contributed by atoms with E-state index in [1.54, 1.807) is 30.3 Å². The number of pyridine rings is 1. The number of carbonyl (C=O) groups is 1. The highest BCUT2D eigenvalue weighted by Crippen LogP contribution is 2.28. The van der Waals surface area contributed by atoms with Crippen LogP contribution in [0, 0.1) is 0 Å². The number of aromatic nitrogens is 3. The molecule has 4 N–H and O–H groups in total. The van der Waals surface area contributed by atoms with Gasteiger partial charge in [0.05, 0.1) is 11.7 Å². The van der Waals surface area contributed by atoms with Crippen LogP contribution in [0.15, 0.2) is 74.6 Å². The maximum Gasteiger partial charge on any atom is 0.295 e. The van der Waals surface area contributed by atoms with Gasteiger partial charge in [0.15, 0.2) is 0 Å². The molecule has 0 aliphatic heterocycles. The number of para-hydroxylation sites is 1. The Balaban J connectivity index is 1.88. The van der Waals surface area contributed by atoms with Crippen molar-refractivity contribution in [3.63, 3.8) is 0 Å². The molecule has 0 bridgehead atoms. The van der Waals surface area contributed by atoms with Gasteiger partial charge in [-0.3, -0.25) is 24.3 Å². The molecule has 0 aliphatic rings. The standard InChI is InChI=1S/C25H26N6O4S/c1-4-17(19-11-8-12-36-19)27-20-21(25(35)31(29-23(20)33)15-9-6-5-7-10-15)28-18-14-26-13-16(22(18)32)24(34)30(2)3/h5-14,17,27-28H,4H2,1-3H3,(H,26,32)(H,29,33). The predicted molar refractivity (Wildman–Crippen MR) is 142 cm³/mol. The van der Waals surface area contributed by atoms with Gasteiger partial charge in [0, 0.05) is 31.4 Å². The molecule has 0 fully saturated rings. The molecule has 3 heterocycles. The van der Waals surface area contributed by atoms with Gasteiger partial charge in [0.2, 0.25) is 5.43 Å². The summed E-state index contributed by atoms with van der Waals surface area (Å²) in [4.78, 5) is 57.5. The van der Waals surface area contributed by atoms with E-state index in [0.29, 0.717) is 12.1 Å². The molecule has 0 saturated heterocycles. The number of aromatic amines is 2. The van der Waals surface area contributed by atoms with Gasteiger partial charge in [-0.1, -0.05) is 31.2 Å². The lowest BCUT2D eigenvalue weighted by atomic mass is 10.1. The van der Waals surface area contributed by atoms with Crippen molar-refractivity contribution < 1.29 is 4.79 Å². The number of nitrogens with zero attached hydrogens (tertiary/aromatic N) is 2. The van der Waals surface area contributed by atoms with Crippen molar-refractivity contribution in [2.45, 2.75) is 19.4 Å². The summed E-state index contributed by atoms with van der Waals surface area (Å²) in [5, 5.41) is 10.6. The molecular weight excluding hydrogens is 480 g/mol. The van der Waals surface area contributed by atoms with Gasteiger partial charge in [-0.25, -0.2) is 4.68 Å². The molecule has 1 atom stereocenters. The van der Waals surface area contributed by atoms with Crippen LogP contribution in [0.1, 0.15) is 34.6 Å². The zero-order valence-corrected chi connectivity index (χ0v) is 20.8. The average Bonchev–Trinajstić information content (AvgIpc) is 3.41. The minimum atomic E-state index is -0.602. The number of hydrogen-bond donors (Lipinski definition) is 4. The molecule has 1 unspecified atom stereocenters. The number of hydrogen-bond acceptors (Lipinski definition) is 7. The Morgan fingerprint density at radius 3 is 2.44 bits per heavy atom. The van der Waals surface area contributed by atoms with E-state index in [1.807, 2.05) is 24.4 Å². The molecular formula is C25H26N6O4S. The van der Waals surface area contributed by atoms with Gasteiger partial charge in [-0.2, -0.15) is 0 Å². The molecule has 4 aromatic rings. The van der Waals surface area contributed by atoms with Crippen LogP contribution in [-0.4, -0.2) is 39.7 Å². The molecule has 0 spiro atoms. The van der Waals surface area contributed by atoms with Gasteiger partial charge >= 0.3 is 0 Å². The van der Waals surface area contributed by atoms with Crippen LogP contribution < -0.4 is 27.2 Å². The summed E-state index contributed by atoms with van der Waals surface area (Å²) in [5.41, 5.74) is -1.54. The highest BCUT2D eigenvalue weighted by molar-refractivity contribution is 7.10. The number of amides is 1. The van der Waals surface area contributed by atoms with Gasteiger partial charge < -0.3 is 20.5 Å². The van der Waals surface area contributed by atoms with Crippen LogP contribution in [0.5, 0.6) is 0 Å². The lowest BCUT2D eigenvalue weighted by molar-refractivity contribution is 0.0826. The Kier molecular flexibility index (Phi) is 7.20. The second-order valence-corrected chi connectivity index (χ2v) is 9.20. The molecule has 10 nitrogen and oxygen atoms in total. The molecule has 1 aromatic carbocycles. The van der Waals surface area contributed by atoms with Crippen molar-refractivity contribution in [3.8, 4) is 5.69 Å². The number of thiophene rings is 1. The molecule has 3 aromatic heterocycles. The minimum Gasteiger partial charge on any atom is -0.371 e. The van der Waals surface area contributed by atoms with Crippen molar-refractivity contribution in [1.29, 1.82) is 0 Å². The first kappa shape index (κ1) is 24.7. The Morgan fingerprint density at radius 1 is 1.06 bits per heavy atom. The van der Waals surface area contributed by atoms with E-state index in [1.165, 1.54) is 42.7 Å². The number of anilines is 3. The minimum absolute atomic E-state index is 0.00355. The second-order valence-electron chi connectivity index (χ2n) is 8.22. The third-order valence-electron chi connectivity index (χ3n) is 5.58. The van der Waals surface area contributed by atoms with Crippen molar-refractivity contribution in [3.05, 3.63) is 102 Å². The van der Waals surface area contributed by atoms with E-state index in [4.69, 9.17) is 0 Å². The van der Waals surface area contributed by atoms with Crippen LogP contribution in [0.4, 0.5) is 17.1 Å². The summed E-state index contributed by atoms with van der Waals surface area (Å²) < 4.78 is 1.12. The van der Waals surface area contributed by atoms with Crippen molar-refractivity contribution in [1.82, 2.24) is 19.7 Å². The monoisotopic (exact) mass is 506 g/mol. The molecule has 4 rings (SSSR count). The fraction of sp³-hybridized carbons (Fsp3) is 0.200. The van der Waals surface area contributed by atoms with Gasteiger partial charge in [0.1, 0.15) is 22.6 Å². The first-order chi connectivity index (χ1) is 17.3. The molecule has 0 saturated carbocycles. The van der Waals surface area contributed by atoms with Crippen LogP contribution in [0.25, 0.3) is 5.69 Å². The smallest absolute Gasteiger partial charge is 0.295 e. The summed E-state index contributed by atoms with van der Waals surface area (Å²) in [6.45, 7) is 1.96. The topological polar surface area (TPSA) is 132 Å². The quantitative estimate of drug-likeness (QED) is 0.290. The maximum atomic E-state index is 13.6. The highest BCUT2D eigenvalue weighted by Gasteiger charge is 2.22. The SMILES string of the molecule is CCC(Nc1c(Nc2c[nH]cc(C(=O)N(C)C)c2=O)c(=O)n(-c2ccccc2)[nH]c1=O)c1cccs1. The second kappa shape index (κ2) is 10.5. The van der Waals surface area contributed by atoms with Crippen LogP contribution >= 0.6 is 11.3 Å². The summed E-state index contributed by atoms with van der Waals surface area (Å²) in [5.74, 6) is -0.491. The fourth-order valence-electron chi connectivity index (χ4n) is 3.70. The van der Waals surface area contributed by atoms with E-state index in [0.717, 1.165) is 9.56 Å². The van der Waals surface area contributed by atoms with Crippen LogP contribution in [-0.2, 0) is 0 Å². The molecule has 186 valence electrons. The number of benzene rings is 1. The van der Waals surface area contributed by atoms with Crippen molar-refractivity contribution in [2.75, 3.05) is 24.7 Å². The highest BCUT2D eigenvalue weighted by atomic mass is 32.1. The van der Waals surface area contributed by atoms with Gasteiger partial charge in [-0.05, 0) is 30.0 Å². The fourth-order valence-corrected chi connectivity index (χ4v) is 4.56. The molecule has 1 amide bonds. The largest absolute Gasteiger partial charge is 0.371 e. The molecule has 11 heteroatoms.